The lowest BCUT2D eigenvalue weighted by atomic mass is 9.82. The van der Waals surface area contributed by atoms with E-state index in [0.29, 0.717) is 18.4 Å². The first kappa shape index (κ1) is 15.7. The maximum Gasteiger partial charge on any atom is 0.230 e. The molecule has 2 aromatic heterocycles. The third-order valence-corrected chi connectivity index (χ3v) is 5.70. The molecule has 5 nitrogen and oxygen atoms in total. The molecule has 6 heteroatoms. The number of thiophene rings is 1. The highest BCUT2D eigenvalue weighted by molar-refractivity contribution is 7.07. The van der Waals surface area contributed by atoms with Crippen molar-refractivity contribution in [3.05, 3.63) is 46.9 Å². The lowest BCUT2D eigenvalue weighted by Gasteiger charge is -2.32. The summed E-state index contributed by atoms with van der Waals surface area (Å²) < 4.78 is 5.74. The highest BCUT2D eigenvalue weighted by atomic mass is 32.1. The fraction of sp³-hybridized carbons (Fsp3) is 0.444. The van der Waals surface area contributed by atoms with Gasteiger partial charge in [0, 0.05) is 25.8 Å². The fourth-order valence-electron chi connectivity index (χ4n) is 3.80. The summed E-state index contributed by atoms with van der Waals surface area (Å²) in [7, 11) is 0. The third-order valence-electron chi connectivity index (χ3n) is 4.97. The van der Waals surface area contributed by atoms with E-state index in [4.69, 9.17) is 4.74 Å². The normalized spacial score (nSPS) is 26.9. The summed E-state index contributed by atoms with van der Waals surface area (Å²) in [5, 5.41) is 7.30. The second-order valence-corrected chi connectivity index (χ2v) is 7.40. The van der Waals surface area contributed by atoms with E-state index in [1.807, 2.05) is 12.1 Å². The van der Waals surface area contributed by atoms with Gasteiger partial charge in [-0.25, -0.2) is 0 Å². The summed E-state index contributed by atoms with van der Waals surface area (Å²) in [4.78, 5) is 19.2. The molecule has 24 heavy (non-hydrogen) atoms. The summed E-state index contributed by atoms with van der Waals surface area (Å²) >= 11 is 1.73. The number of anilines is 1. The fourth-order valence-corrected chi connectivity index (χ4v) is 4.46. The number of nitrogens with one attached hydrogen (secondary N) is 1. The zero-order valence-electron chi connectivity index (χ0n) is 13.4. The van der Waals surface area contributed by atoms with Crippen molar-refractivity contribution >= 4 is 22.9 Å². The maximum absolute atomic E-state index is 12.7. The minimum absolute atomic E-state index is 0.0510. The first-order valence-corrected chi connectivity index (χ1v) is 9.26. The van der Waals surface area contributed by atoms with E-state index in [2.05, 4.69) is 32.0 Å². The average molecular weight is 343 g/mol. The van der Waals surface area contributed by atoms with Gasteiger partial charge in [0.1, 0.15) is 0 Å². The van der Waals surface area contributed by atoms with Gasteiger partial charge >= 0.3 is 0 Å². The Morgan fingerprint density at radius 1 is 1.38 bits per heavy atom. The maximum atomic E-state index is 12.7. The van der Waals surface area contributed by atoms with Gasteiger partial charge in [-0.15, -0.1) is 0 Å². The van der Waals surface area contributed by atoms with Gasteiger partial charge in [0.25, 0.3) is 0 Å². The largest absolute Gasteiger partial charge is 0.380 e. The van der Waals surface area contributed by atoms with Crippen molar-refractivity contribution in [1.29, 1.82) is 0 Å². The smallest absolute Gasteiger partial charge is 0.230 e. The number of nitrogens with zero attached hydrogens (tertiary/aromatic N) is 2. The predicted molar refractivity (Wildman–Crippen MR) is 93.8 cm³/mol. The minimum atomic E-state index is -0.0866. The Morgan fingerprint density at radius 3 is 3.12 bits per heavy atom. The Labute approximate surface area is 145 Å². The van der Waals surface area contributed by atoms with Crippen LogP contribution in [0.5, 0.6) is 0 Å². The molecular weight excluding hydrogens is 322 g/mol. The number of carbonyl (C=O) groups excluding carboxylic acids is 1. The van der Waals surface area contributed by atoms with E-state index in [9.17, 15) is 4.79 Å². The van der Waals surface area contributed by atoms with Crippen molar-refractivity contribution in [3.8, 4) is 0 Å². The summed E-state index contributed by atoms with van der Waals surface area (Å²) in [5.74, 6) is 0.780. The number of hydrogen-bond acceptors (Lipinski definition) is 5. The number of ether oxygens (including phenoxy) is 1. The van der Waals surface area contributed by atoms with Crippen molar-refractivity contribution < 1.29 is 9.53 Å². The first-order chi connectivity index (χ1) is 11.8. The van der Waals surface area contributed by atoms with Crippen LogP contribution in [0, 0.1) is 17.8 Å². The van der Waals surface area contributed by atoms with Gasteiger partial charge in [0.2, 0.25) is 5.91 Å². The Morgan fingerprint density at radius 2 is 2.33 bits per heavy atom. The Kier molecular flexibility index (Phi) is 4.60. The summed E-state index contributed by atoms with van der Waals surface area (Å²) in [6.45, 7) is 4.22. The molecule has 2 fully saturated rings. The quantitative estimate of drug-likeness (QED) is 0.927. The van der Waals surface area contributed by atoms with E-state index < -0.39 is 0 Å². The number of hydrogen-bond donors (Lipinski definition) is 1. The summed E-state index contributed by atoms with van der Waals surface area (Å²) in [6.07, 6.45) is 3.38. The molecule has 0 bridgehead atoms. The molecule has 0 radical (unpaired) electrons. The molecule has 4 rings (SSSR count). The van der Waals surface area contributed by atoms with Gasteiger partial charge in [-0.2, -0.15) is 11.3 Å². The lowest BCUT2D eigenvalue weighted by molar-refractivity contribution is -0.128. The van der Waals surface area contributed by atoms with Crippen LogP contribution in [0.2, 0.25) is 0 Å². The van der Waals surface area contributed by atoms with Crippen molar-refractivity contribution in [2.45, 2.75) is 6.54 Å². The molecule has 4 heterocycles. The van der Waals surface area contributed by atoms with Gasteiger partial charge in [0.15, 0.2) is 0 Å². The number of likely N-dealkylation sites (tertiary alicyclic amines) is 1. The second-order valence-electron chi connectivity index (χ2n) is 6.62. The van der Waals surface area contributed by atoms with E-state index >= 15 is 0 Å². The average Bonchev–Trinajstić information content (AvgIpc) is 3.24. The minimum Gasteiger partial charge on any atom is -0.380 e. The molecule has 1 N–H and O–H groups in total. The number of aromatic nitrogens is 1. The van der Waals surface area contributed by atoms with E-state index in [1.165, 1.54) is 5.56 Å². The van der Waals surface area contributed by atoms with Crippen molar-refractivity contribution in [2.24, 2.45) is 17.8 Å². The number of fused-ring (bicyclic) bond motifs is 1. The van der Waals surface area contributed by atoms with Crippen LogP contribution in [0.15, 0.2) is 41.4 Å². The van der Waals surface area contributed by atoms with E-state index in [-0.39, 0.29) is 11.8 Å². The molecule has 0 saturated carbocycles. The van der Waals surface area contributed by atoms with Gasteiger partial charge < -0.3 is 10.1 Å². The monoisotopic (exact) mass is 343 g/mol. The summed E-state index contributed by atoms with van der Waals surface area (Å²) in [6, 6.07) is 5.87. The summed E-state index contributed by atoms with van der Waals surface area (Å²) in [5.41, 5.74) is 2.11. The molecule has 0 unspecified atom stereocenters. The molecular formula is C18H21N3O2S. The van der Waals surface area contributed by atoms with E-state index in [0.717, 1.165) is 31.9 Å². The van der Waals surface area contributed by atoms with Crippen LogP contribution < -0.4 is 5.32 Å². The van der Waals surface area contributed by atoms with Crippen LogP contribution in [-0.2, 0) is 16.1 Å². The van der Waals surface area contributed by atoms with E-state index in [1.54, 1.807) is 23.7 Å². The topological polar surface area (TPSA) is 54.5 Å². The third kappa shape index (κ3) is 3.36. The van der Waals surface area contributed by atoms with Crippen LogP contribution in [0.4, 0.5) is 5.69 Å². The van der Waals surface area contributed by atoms with Crippen molar-refractivity contribution in [2.75, 3.05) is 31.6 Å². The van der Waals surface area contributed by atoms with Crippen LogP contribution in [-0.4, -0.2) is 42.1 Å². The molecule has 0 spiro atoms. The second kappa shape index (κ2) is 7.01. The highest BCUT2D eigenvalue weighted by Crippen LogP contribution is 2.35. The van der Waals surface area contributed by atoms with Crippen LogP contribution in [0.1, 0.15) is 5.56 Å². The first-order valence-electron chi connectivity index (χ1n) is 8.31. The van der Waals surface area contributed by atoms with Gasteiger partial charge in [-0.1, -0.05) is 0 Å². The zero-order valence-corrected chi connectivity index (χ0v) is 14.2. The Hall–Kier alpha value is -1.76. The Balaban J connectivity index is 1.42. The van der Waals surface area contributed by atoms with Crippen LogP contribution in [0.25, 0.3) is 0 Å². The van der Waals surface area contributed by atoms with Crippen molar-refractivity contribution in [1.82, 2.24) is 9.88 Å². The standard InChI is InChI=1S/C18H21N3O2S/c22-18(20-15-2-1-4-19-6-15)17-11-23-10-14-8-21(9-16(14)17)7-13-3-5-24-12-13/h1-6,12,14,16-17H,7-11H2,(H,20,22)/t14-,16-,17+/m0/s1. The molecule has 126 valence electrons. The van der Waals surface area contributed by atoms with Gasteiger partial charge in [0.05, 0.1) is 31.0 Å². The van der Waals surface area contributed by atoms with Crippen LogP contribution >= 0.6 is 11.3 Å². The zero-order chi connectivity index (χ0) is 16.4. The van der Waals surface area contributed by atoms with Gasteiger partial charge in [-0.05, 0) is 46.4 Å². The number of carbonyl (C=O) groups is 1. The molecule has 3 atom stereocenters. The number of amides is 1. The SMILES string of the molecule is O=C(Nc1cccnc1)[C@@H]1COC[C@@H]2CN(Cc3ccsc3)C[C@@H]21. The van der Waals surface area contributed by atoms with Crippen molar-refractivity contribution in [3.63, 3.8) is 0 Å². The lowest BCUT2D eigenvalue weighted by Crippen LogP contribution is -2.41. The Bertz CT molecular complexity index is 677. The van der Waals surface area contributed by atoms with Gasteiger partial charge in [-0.3, -0.25) is 14.7 Å². The highest BCUT2D eigenvalue weighted by Gasteiger charge is 2.43. The predicted octanol–water partition coefficient (Wildman–Crippen LogP) is 2.48. The molecule has 2 aliphatic heterocycles. The molecule has 0 aliphatic carbocycles. The number of pyridine rings is 1. The number of rotatable bonds is 4. The van der Waals surface area contributed by atoms with Crippen LogP contribution in [0.3, 0.4) is 0 Å². The molecule has 2 aliphatic rings. The molecule has 0 aromatic carbocycles. The molecule has 2 saturated heterocycles. The molecule has 2 aromatic rings. The molecule has 1 amide bonds.